The van der Waals surface area contributed by atoms with Gasteiger partial charge in [0.25, 0.3) is 0 Å². The summed E-state index contributed by atoms with van der Waals surface area (Å²) in [6.45, 7) is 14.6. The molecule has 9 heteroatoms. The molecule has 1 aromatic carbocycles. The minimum Gasteiger partial charge on any atom is -0.376 e. The smallest absolute Gasteiger partial charge is 0.229 e. The molecule has 0 saturated carbocycles. The number of piperidine rings is 1. The monoisotopic (exact) mass is 546 g/mol. The lowest BCUT2D eigenvalue weighted by molar-refractivity contribution is 0.282. The third kappa shape index (κ3) is 7.47. The largest absolute Gasteiger partial charge is 0.376 e. The predicted molar refractivity (Wildman–Crippen MR) is 163 cm³/mol. The van der Waals surface area contributed by atoms with Crippen molar-refractivity contribution in [2.24, 2.45) is 4.99 Å². The van der Waals surface area contributed by atoms with Crippen molar-refractivity contribution < 1.29 is 0 Å². The zero-order valence-electron chi connectivity index (χ0n) is 23.8. The number of nitrogens with zero attached hydrogens (tertiary/aromatic N) is 5. The first-order valence-electron chi connectivity index (χ1n) is 13.6. The topological polar surface area (TPSA) is 94.1 Å². The molecule has 0 atom stereocenters. The Hall–Kier alpha value is -3.65. The SMILES string of the molecule is CC=N/C(C=C(C)CC)=C\N1CCC(c2cc(C)c(Nc3ncc(Cl)c(Nc4cc(C)[nH]n4)n3)cc2C)CC1. The number of aryl methyl sites for hydroxylation is 3. The summed E-state index contributed by atoms with van der Waals surface area (Å²) in [5.41, 5.74) is 8.15. The minimum absolute atomic E-state index is 0.427. The van der Waals surface area contributed by atoms with Crippen molar-refractivity contribution in [1.82, 2.24) is 25.1 Å². The van der Waals surface area contributed by atoms with Crippen LogP contribution in [-0.4, -0.2) is 44.4 Å². The Bertz CT molecular complexity index is 1380. The fraction of sp³-hybridized carbons (Fsp3) is 0.400. The highest BCUT2D eigenvalue weighted by atomic mass is 35.5. The normalized spacial score (nSPS) is 15.3. The lowest BCUT2D eigenvalue weighted by Crippen LogP contribution is -2.29. The van der Waals surface area contributed by atoms with E-state index in [1.165, 1.54) is 16.7 Å². The second kappa shape index (κ2) is 12.9. The van der Waals surface area contributed by atoms with E-state index < -0.39 is 0 Å². The number of anilines is 4. The molecule has 0 radical (unpaired) electrons. The Labute approximate surface area is 236 Å². The molecule has 3 aromatic rings. The van der Waals surface area contributed by atoms with E-state index >= 15 is 0 Å². The van der Waals surface area contributed by atoms with Gasteiger partial charge in [-0.15, -0.1) is 0 Å². The van der Waals surface area contributed by atoms with E-state index in [0.29, 0.717) is 28.5 Å². The number of nitrogens with one attached hydrogen (secondary N) is 3. The molecule has 2 aromatic heterocycles. The summed E-state index contributed by atoms with van der Waals surface area (Å²) in [5.74, 6) is 2.16. The average Bonchev–Trinajstić information content (AvgIpc) is 3.33. The molecule has 206 valence electrons. The summed E-state index contributed by atoms with van der Waals surface area (Å²) in [6, 6.07) is 6.40. The number of H-pyrrole nitrogens is 1. The summed E-state index contributed by atoms with van der Waals surface area (Å²) >= 11 is 6.33. The molecule has 3 N–H and O–H groups in total. The summed E-state index contributed by atoms with van der Waals surface area (Å²) in [4.78, 5) is 15.9. The molecule has 39 heavy (non-hydrogen) atoms. The standard InChI is InChI=1S/C30H39ClN8/c1-7-19(3)13-24(32-8-2)18-39-11-9-23(10-12-39)25-14-21(5)27(15-20(25)4)34-30-33-17-26(31)29(36-30)35-28-16-22(6)37-38-28/h8,13-18,23H,7,9-12H2,1-6H3,(H3,33,34,35,36,37,38)/b19-13?,24-18-,32-8?. The van der Waals surface area contributed by atoms with Crippen LogP contribution in [0.5, 0.6) is 0 Å². The van der Waals surface area contributed by atoms with Gasteiger partial charge in [-0.3, -0.25) is 10.1 Å². The molecule has 0 aliphatic carbocycles. The van der Waals surface area contributed by atoms with Crippen LogP contribution in [0.2, 0.25) is 5.02 Å². The Morgan fingerprint density at radius 1 is 1.15 bits per heavy atom. The first-order chi connectivity index (χ1) is 18.7. The Morgan fingerprint density at radius 3 is 2.59 bits per heavy atom. The number of allylic oxidation sites excluding steroid dienone is 2. The lowest BCUT2D eigenvalue weighted by Gasteiger charge is -2.32. The van der Waals surface area contributed by atoms with Crippen LogP contribution in [0.4, 0.5) is 23.3 Å². The molecular weight excluding hydrogens is 508 g/mol. The number of aromatic amines is 1. The summed E-state index contributed by atoms with van der Waals surface area (Å²) in [5, 5.41) is 14.1. The zero-order valence-corrected chi connectivity index (χ0v) is 24.5. The second-order valence-corrected chi connectivity index (χ2v) is 10.6. The van der Waals surface area contributed by atoms with Crippen molar-refractivity contribution in [2.45, 2.75) is 66.7 Å². The van der Waals surface area contributed by atoms with Crippen LogP contribution in [0.25, 0.3) is 0 Å². The van der Waals surface area contributed by atoms with E-state index in [0.717, 1.165) is 55.0 Å². The van der Waals surface area contributed by atoms with Gasteiger partial charge in [-0.25, -0.2) is 4.98 Å². The number of aromatic nitrogens is 4. The Balaban J connectivity index is 1.44. The highest BCUT2D eigenvalue weighted by molar-refractivity contribution is 6.32. The second-order valence-electron chi connectivity index (χ2n) is 10.2. The molecule has 8 nitrogen and oxygen atoms in total. The van der Waals surface area contributed by atoms with E-state index in [-0.39, 0.29) is 0 Å². The van der Waals surface area contributed by atoms with Crippen LogP contribution in [0.15, 0.2) is 52.9 Å². The Kier molecular flexibility index (Phi) is 9.41. The minimum atomic E-state index is 0.427. The number of rotatable bonds is 9. The Morgan fingerprint density at radius 2 is 1.92 bits per heavy atom. The number of hydrogen-bond donors (Lipinski definition) is 3. The van der Waals surface area contributed by atoms with E-state index in [2.05, 4.69) is 92.8 Å². The maximum atomic E-state index is 6.33. The fourth-order valence-corrected chi connectivity index (χ4v) is 4.93. The van der Waals surface area contributed by atoms with Gasteiger partial charge in [-0.05, 0) is 88.6 Å². The van der Waals surface area contributed by atoms with Crippen LogP contribution in [0, 0.1) is 20.8 Å². The number of hydrogen-bond acceptors (Lipinski definition) is 7. The van der Waals surface area contributed by atoms with Gasteiger partial charge in [0.15, 0.2) is 11.6 Å². The van der Waals surface area contributed by atoms with E-state index in [1.54, 1.807) is 6.20 Å². The van der Waals surface area contributed by atoms with Crippen LogP contribution in [0.3, 0.4) is 0 Å². The van der Waals surface area contributed by atoms with Crippen LogP contribution < -0.4 is 10.6 Å². The van der Waals surface area contributed by atoms with Gasteiger partial charge < -0.3 is 15.5 Å². The fourth-order valence-electron chi connectivity index (χ4n) is 4.79. The molecule has 0 spiro atoms. The summed E-state index contributed by atoms with van der Waals surface area (Å²) < 4.78 is 0. The van der Waals surface area contributed by atoms with Crippen LogP contribution in [-0.2, 0) is 0 Å². The van der Waals surface area contributed by atoms with Crippen LogP contribution in [0.1, 0.15) is 68.3 Å². The molecule has 0 amide bonds. The van der Waals surface area contributed by atoms with E-state index in [9.17, 15) is 0 Å². The highest BCUT2D eigenvalue weighted by Gasteiger charge is 2.22. The molecule has 0 unspecified atom stereocenters. The third-order valence-corrected chi connectivity index (χ3v) is 7.35. The number of likely N-dealkylation sites (tertiary alicyclic amines) is 1. The number of aliphatic imine (C=N–C) groups is 1. The third-order valence-electron chi connectivity index (χ3n) is 7.07. The first-order valence-corrected chi connectivity index (χ1v) is 13.9. The summed E-state index contributed by atoms with van der Waals surface area (Å²) in [6.07, 6.45) is 11.1. The first kappa shape index (κ1) is 28.4. The quantitative estimate of drug-likeness (QED) is 0.188. The van der Waals surface area contributed by atoms with Crippen molar-refractivity contribution in [3.63, 3.8) is 0 Å². The molecule has 3 heterocycles. The van der Waals surface area contributed by atoms with Crippen LogP contribution >= 0.6 is 11.6 Å². The van der Waals surface area contributed by atoms with Gasteiger partial charge in [0, 0.05) is 43.0 Å². The van der Waals surface area contributed by atoms with Crippen molar-refractivity contribution >= 4 is 41.1 Å². The number of halogens is 1. The van der Waals surface area contributed by atoms with Gasteiger partial charge in [0.1, 0.15) is 5.02 Å². The molecule has 1 saturated heterocycles. The summed E-state index contributed by atoms with van der Waals surface area (Å²) in [7, 11) is 0. The maximum absolute atomic E-state index is 6.33. The van der Waals surface area contributed by atoms with Crippen molar-refractivity contribution in [3.05, 3.63) is 75.3 Å². The van der Waals surface area contributed by atoms with Gasteiger partial charge in [0.05, 0.1) is 11.9 Å². The number of benzene rings is 1. The molecular formula is C30H39ClN8. The van der Waals surface area contributed by atoms with Gasteiger partial charge in [0.2, 0.25) is 5.95 Å². The highest BCUT2D eigenvalue weighted by Crippen LogP contribution is 2.34. The zero-order chi connectivity index (χ0) is 27.9. The van der Waals surface area contributed by atoms with Gasteiger partial charge >= 0.3 is 0 Å². The molecule has 4 rings (SSSR count). The maximum Gasteiger partial charge on any atom is 0.229 e. The van der Waals surface area contributed by atoms with Gasteiger partial charge in [-0.2, -0.15) is 10.1 Å². The van der Waals surface area contributed by atoms with Gasteiger partial charge in [-0.1, -0.05) is 30.2 Å². The van der Waals surface area contributed by atoms with E-state index in [1.807, 2.05) is 26.1 Å². The van der Waals surface area contributed by atoms with Crippen molar-refractivity contribution in [2.75, 3.05) is 23.7 Å². The molecule has 1 aliphatic heterocycles. The average molecular weight is 547 g/mol. The van der Waals surface area contributed by atoms with E-state index in [4.69, 9.17) is 11.6 Å². The molecule has 1 aliphatic rings. The molecule has 1 fully saturated rings. The lowest BCUT2D eigenvalue weighted by atomic mass is 9.85. The van der Waals surface area contributed by atoms with Crippen molar-refractivity contribution in [3.8, 4) is 0 Å². The molecule has 0 bridgehead atoms. The predicted octanol–water partition coefficient (Wildman–Crippen LogP) is 7.73. The van der Waals surface area contributed by atoms with Crippen molar-refractivity contribution in [1.29, 1.82) is 0 Å².